The molecule has 21 heavy (non-hydrogen) atoms. The lowest BCUT2D eigenvalue weighted by atomic mass is 9.98. The summed E-state index contributed by atoms with van der Waals surface area (Å²) in [5, 5.41) is 0. The number of hydrogen-bond donors (Lipinski definition) is 1. The molecule has 0 saturated heterocycles. The van der Waals surface area contributed by atoms with Gasteiger partial charge in [-0.25, -0.2) is 0 Å². The zero-order valence-electron chi connectivity index (χ0n) is 12.8. The molecule has 0 atom stereocenters. The van der Waals surface area contributed by atoms with Crippen molar-refractivity contribution in [2.45, 2.75) is 27.2 Å². The standard InChI is InChI=1S/C18H21NO2/c1-4-7-21-17-6-5-14(11-16(17)18(19)20)15-9-12(2)8-13(3)10-15/h5-6,8-11H,4,7H2,1-3H3,(H2,19,20). The predicted molar refractivity (Wildman–Crippen MR) is 85.7 cm³/mol. The summed E-state index contributed by atoms with van der Waals surface area (Å²) in [4.78, 5) is 11.6. The highest BCUT2D eigenvalue weighted by atomic mass is 16.5. The third kappa shape index (κ3) is 3.63. The van der Waals surface area contributed by atoms with Gasteiger partial charge in [0.1, 0.15) is 5.75 Å². The van der Waals surface area contributed by atoms with Crippen LogP contribution >= 0.6 is 0 Å². The van der Waals surface area contributed by atoms with E-state index in [1.54, 1.807) is 0 Å². The number of amides is 1. The van der Waals surface area contributed by atoms with Crippen LogP contribution in [-0.4, -0.2) is 12.5 Å². The van der Waals surface area contributed by atoms with Crippen LogP contribution in [0.25, 0.3) is 11.1 Å². The minimum atomic E-state index is -0.465. The smallest absolute Gasteiger partial charge is 0.252 e. The first-order valence-electron chi connectivity index (χ1n) is 7.16. The second kappa shape index (κ2) is 6.44. The summed E-state index contributed by atoms with van der Waals surface area (Å²) >= 11 is 0. The molecule has 2 aromatic rings. The molecular weight excluding hydrogens is 262 g/mol. The first kappa shape index (κ1) is 15.1. The third-order valence-electron chi connectivity index (χ3n) is 3.26. The van der Waals surface area contributed by atoms with E-state index in [-0.39, 0.29) is 0 Å². The molecule has 0 spiro atoms. The molecule has 2 rings (SSSR count). The van der Waals surface area contributed by atoms with Crippen molar-refractivity contribution >= 4 is 5.91 Å². The number of carbonyl (C=O) groups excluding carboxylic acids is 1. The molecule has 0 fully saturated rings. The summed E-state index contributed by atoms with van der Waals surface area (Å²) in [6.07, 6.45) is 0.886. The lowest BCUT2D eigenvalue weighted by Gasteiger charge is -2.11. The fourth-order valence-electron chi connectivity index (χ4n) is 2.38. The Hall–Kier alpha value is -2.29. The first-order valence-corrected chi connectivity index (χ1v) is 7.16. The summed E-state index contributed by atoms with van der Waals surface area (Å²) in [7, 11) is 0. The van der Waals surface area contributed by atoms with Crippen LogP contribution in [0.4, 0.5) is 0 Å². The number of rotatable bonds is 5. The minimum Gasteiger partial charge on any atom is -0.493 e. The predicted octanol–water partition coefficient (Wildman–Crippen LogP) is 3.86. The van der Waals surface area contributed by atoms with E-state index in [0.717, 1.165) is 17.5 Å². The van der Waals surface area contributed by atoms with E-state index in [2.05, 4.69) is 32.0 Å². The maximum atomic E-state index is 11.6. The highest BCUT2D eigenvalue weighted by Gasteiger charge is 2.11. The van der Waals surface area contributed by atoms with Crippen LogP contribution in [-0.2, 0) is 0 Å². The van der Waals surface area contributed by atoms with Gasteiger partial charge in [-0.05, 0) is 43.5 Å². The maximum Gasteiger partial charge on any atom is 0.252 e. The maximum absolute atomic E-state index is 11.6. The molecule has 1 amide bonds. The normalized spacial score (nSPS) is 10.4. The average molecular weight is 283 g/mol. The minimum absolute atomic E-state index is 0.431. The van der Waals surface area contributed by atoms with Gasteiger partial charge in [0.05, 0.1) is 12.2 Å². The molecule has 0 aliphatic rings. The van der Waals surface area contributed by atoms with Gasteiger partial charge >= 0.3 is 0 Å². The van der Waals surface area contributed by atoms with Crippen molar-refractivity contribution < 1.29 is 9.53 Å². The van der Waals surface area contributed by atoms with Gasteiger partial charge in [-0.2, -0.15) is 0 Å². The molecule has 3 nitrogen and oxygen atoms in total. The Morgan fingerprint density at radius 3 is 2.29 bits per heavy atom. The molecule has 0 aliphatic heterocycles. The number of ether oxygens (including phenoxy) is 1. The number of benzene rings is 2. The Kier molecular flexibility index (Phi) is 4.63. The SMILES string of the molecule is CCCOc1ccc(-c2cc(C)cc(C)c2)cc1C(N)=O. The highest BCUT2D eigenvalue weighted by Crippen LogP contribution is 2.28. The monoisotopic (exact) mass is 283 g/mol. The second-order valence-corrected chi connectivity index (χ2v) is 5.30. The van der Waals surface area contributed by atoms with E-state index in [1.165, 1.54) is 11.1 Å². The second-order valence-electron chi connectivity index (χ2n) is 5.30. The Labute approximate surface area is 125 Å². The lowest BCUT2D eigenvalue weighted by Crippen LogP contribution is -2.13. The molecule has 3 heteroatoms. The van der Waals surface area contributed by atoms with E-state index >= 15 is 0 Å². The molecule has 2 N–H and O–H groups in total. The van der Waals surface area contributed by atoms with Crippen molar-refractivity contribution in [2.75, 3.05) is 6.61 Å². The van der Waals surface area contributed by atoms with Gasteiger partial charge in [0.15, 0.2) is 0 Å². The Morgan fingerprint density at radius 1 is 1.05 bits per heavy atom. The Bertz CT molecular complexity index is 642. The molecule has 0 radical (unpaired) electrons. The Balaban J connectivity index is 2.46. The zero-order chi connectivity index (χ0) is 15.4. The zero-order valence-corrected chi connectivity index (χ0v) is 12.8. The number of primary amides is 1. The molecule has 0 heterocycles. The quantitative estimate of drug-likeness (QED) is 0.906. The summed E-state index contributed by atoms with van der Waals surface area (Å²) < 4.78 is 5.59. The van der Waals surface area contributed by atoms with Crippen LogP contribution in [0.1, 0.15) is 34.8 Å². The molecule has 0 saturated carbocycles. The van der Waals surface area contributed by atoms with Gasteiger partial charge in [0.25, 0.3) is 5.91 Å². The van der Waals surface area contributed by atoms with E-state index in [4.69, 9.17) is 10.5 Å². The van der Waals surface area contributed by atoms with Gasteiger partial charge in [0.2, 0.25) is 0 Å². The van der Waals surface area contributed by atoms with Crippen molar-refractivity contribution in [1.29, 1.82) is 0 Å². The number of hydrogen-bond acceptors (Lipinski definition) is 2. The summed E-state index contributed by atoms with van der Waals surface area (Å²) in [5.74, 6) is 0.0878. The largest absolute Gasteiger partial charge is 0.493 e. The number of carbonyl (C=O) groups is 1. The molecule has 0 bridgehead atoms. The number of nitrogens with two attached hydrogens (primary N) is 1. The summed E-state index contributed by atoms with van der Waals surface area (Å²) in [6.45, 7) is 6.71. The summed E-state index contributed by atoms with van der Waals surface area (Å²) in [5.41, 5.74) is 10.3. The van der Waals surface area contributed by atoms with Crippen LogP contribution in [0.3, 0.4) is 0 Å². The van der Waals surface area contributed by atoms with Crippen molar-refractivity contribution in [2.24, 2.45) is 5.73 Å². The fourth-order valence-corrected chi connectivity index (χ4v) is 2.38. The van der Waals surface area contributed by atoms with Crippen molar-refractivity contribution in [3.8, 4) is 16.9 Å². The molecule has 0 aliphatic carbocycles. The molecule has 0 aromatic heterocycles. The van der Waals surface area contributed by atoms with Crippen LogP contribution in [0.2, 0.25) is 0 Å². The van der Waals surface area contributed by atoms with Gasteiger partial charge in [-0.1, -0.05) is 42.3 Å². The van der Waals surface area contributed by atoms with Crippen LogP contribution < -0.4 is 10.5 Å². The highest BCUT2D eigenvalue weighted by molar-refractivity contribution is 5.97. The van der Waals surface area contributed by atoms with Gasteiger partial charge in [0, 0.05) is 0 Å². The fraction of sp³-hybridized carbons (Fsp3) is 0.278. The molecule has 2 aromatic carbocycles. The Morgan fingerprint density at radius 2 is 1.71 bits per heavy atom. The number of aryl methyl sites for hydroxylation is 2. The molecular formula is C18H21NO2. The van der Waals surface area contributed by atoms with E-state index in [1.807, 2.05) is 25.1 Å². The van der Waals surface area contributed by atoms with Gasteiger partial charge in [-0.3, -0.25) is 4.79 Å². The van der Waals surface area contributed by atoms with Crippen LogP contribution in [0.15, 0.2) is 36.4 Å². The first-order chi connectivity index (χ1) is 10.0. The average Bonchev–Trinajstić information content (AvgIpc) is 2.43. The topological polar surface area (TPSA) is 52.3 Å². The van der Waals surface area contributed by atoms with Crippen LogP contribution in [0, 0.1) is 13.8 Å². The summed E-state index contributed by atoms with van der Waals surface area (Å²) in [6, 6.07) is 11.9. The van der Waals surface area contributed by atoms with Gasteiger partial charge in [-0.15, -0.1) is 0 Å². The third-order valence-corrected chi connectivity index (χ3v) is 3.26. The van der Waals surface area contributed by atoms with Crippen LogP contribution in [0.5, 0.6) is 5.75 Å². The van der Waals surface area contributed by atoms with E-state index < -0.39 is 5.91 Å². The van der Waals surface area contributed by atoms with Crippen molar-refractivity contribution in [3.63, 3.8) is 0 Å². The van der Waals surface area contributed by atoms with E-state index in [9.17, 15) is 4.79 Å². The van der Waals surface area contributed by atoms with Crippen molar-refractivity contribution in [1.82, 2.24) is 0 Å². The lowest BCUT2D eigenvalue weighted by molar-refractivity contribution is 0.0996. The molecule has 0 unspecified atom stereocenters. The van der Waals surface area contributed by atoms with E-state index in [0.29, 0.717) is 17.9 Å². The molecule has 110 valence electrons. The van der Waals surface area contributed by atoms with Crippen molar-refractivity contribution in [3.05, 3.63) is 53.1 Å². The van der Waals surface area contributed by atoms with Gasteiger partial charge < -0.3 is 10.5 Å².